The van der Waals surface area contributed by atoms with Crippen LogP contribution in [-0.2, 0) is 0 Å². The fourth-order valence-electron chi connectivity index (χ4n) is 3.14. The maximum atomic E-state index is 12.6. The van der Waals surface area contributed by atoms with Crippen molar-refractivity contribution in [2.75, 3.05) is 51.8 Å². The van der Waals surface area contributed by atoms with Gasteiger partial charge in [0.25, 0.3) is 0 Å². The molecule has 0 bridgehead atoms. The Morgan fingerprint density at radius 3 is 2.38 bits per heavy atom. The number of ketones is 1. The number of nitrogens with zero attached hydrogens (tertiary/aromatic N) is 2. The van der Waals surface area contributed by atoms with Gasteiger partial charge in [-0.25, -0.2) is 0 Å². The molecule has 2 aromatic rings. The highest BCUT2D eigenvalue weighted by Crippen LogP contribution is 2.28. The van der Waals surface area contributed by atoms with Crippen LogP contribution < -0.4 is 14.4 Å². The second-order valence-electron chi connectivity index (χ2n) is 6.24. The van der Waals surface area contributed by atoms with Gasteiger partial charge in [-0.2, -0.15) is 0 Å². The van der Waals surface area contributed by atoms with Gasteiger partial charge >= 0.3 is 0 Å². The molecule has 0 spiro atoms. The minimum Gasteiger partial charge on any atom is -0.493 e. The molecule has 0 atom stereocenters. The monoisotopic (exact) mass is 374 g/mol. The molecular formula is C20H23ClN2O3. The highest BCUT2D eigenvalue weighted by Gasteiger charge is 2.20. The molecule has 0 aromatic heterocycles. The van der Waals surface area contributed by atoms with E-state index in [1.807, 2.05) is 18.2 Å². The van der Waals surface area contributed by atoms with E-state index in [9.17, 15) is 4.79 Å². The molecule has 0 N–H and O–H groups in total. The van der Waals surface area contributed by atoms with Crippen molar-refractivity contribution in [3.63, 3.8) is 0 Å². The van der Waals surface area contributed by atoms with Crippen LogP contribution in [0.3, 0.4) is 0 Å². The number of hydrogen-bond donors (Lipinski definition) is 0. The van der Waals surface area contributed by atoms with E-state index in [1.54, 1.807) is 32.4 Å². The van der Waals surface area contributed by atoms with Crippen LogP contribution in [0.2, 0.25) is 5.02 Å². The van der Waals surface area contributed by atoms with Crippen LogP contribution in [0.4, 0.5) is 5.69 Å². The lowest BCUT2D eigenvalue weighted by atomic mass is 10.1. The third-order valence-corrected chi connectivity index (χ3v) is 4.85. The van der Waals surface area contributed by atoms with Gasteiger partial charge in [-0.3, -0.25) is 9.69 Å². The highest BCUT2D eigenvalue weighted by molar-refractivity contribution is 6.30. The van der Waals surface area contributed by atoms with Crippen molar-refractivity contribution < 1.29 is 14.3 Å². The first-order chi connectivity index (χ1) is 12.6. The Bertz CT molecular complexity index is 773. The molecule has 1 saturated heterocycles. The number of Topliss-reactive ketones (excluding diaryl/α,β-unsaturated/α-hetero) is 1. The Morgan fingerprint density at radius 2 is 1.73 bits per heavy atom. The topological polar surface area (TPSA) is 42.0 Å². The molecule has 138 valence electrons. The molecule has 0 amide bonds. The molecule has 0 radical (unpaired) electrons. The maximum Gasteiger partial charge on any atom is 0.176 e. The summed E-state index contributed by atoms with van der Waals surface area (Å²) in [7, 11) is 3.15. The highest BCUT2D eigenvalue weighted by atomic mass is 35.5. The summed E-state index contributed by atoms with van der Waals surface area (Å²) >= 11 is 6.07. The summed E-state index contributed by atoms with van der Waals surface area (Å²) in [6.45, 7) is 3.83. The lowest BCUT2D eigenvalue weighted by molar-refractivity contribution is 0.0926. The number of hydrogen-bond acceptors (Lipinski definition) is 5. The molecule has 2 aromatic carbocycles. The standard InChI is InChI=1S/C20H23ClN2O3/c1-25-19-7-6-15(12-20(19)26-2)18(24)14-22-8-10-23(11-9-22)17-5-3-4-16(21)13-17/h3-7,12-13H,8-11,14H2,1-2H3. The third kappa shape index (κ3) is 4.29. The van der Waals surface area contributed by atoms with Crippen molar-refractivity contribution in [1.82, 2.24) is 4.90 Å². The Kier molecular flexibility index (Phi) is 6.01. The lowest BCUT2D eigenvalue weighted by Gasteiger charge is -2.35. The van der Waals surface area contributed by atoms with Crippen LogP contribution in [0.1, 0.15) is 10.4 Å². The molecule has 26 heavy (non-hydrogen) atoms. The predicted molar refractivity (Wildman–Crippen MR) is 104 cm³/mol. The number of benzene rings is 2. The van der Waals surface area contributed by atoms with Gasteiger partial charge in [0.15, 0.2) is 17.3 Å². The van der Waals surface area contributed by atoms with Crippen LogP contribution in [-0.4, -0.2) is 57.6 Å². The minimum atomic E-state index is 0.0853. The maximum absolute atomic E-state index is 12.6. The summed E-state index contributed by atoms with van der Waals surface area (Å²) in [4.78, 5) is 17.1. The predicted octanol–water partition coefficient (Wildman–Crippen LogP) is 3.36. The molecule has 1 aliphatic heterocycles. The number of piperazine rings is 1. The van der Waals surface area contributed by atoms with Crippen molar-refractivity contribution in [3.05, 3.63) is 53.1 Å². The second kappa shape index (κ2) is 8.43. The van der Waals surface area contributed by atoms with Gasteiger partial charge in [0.1, 0.15) is 0 Å². The molecular weight excluding hydrogens is 352 g/mol. The first-order valence-electron chi connectivity index (χ1n) is 8.59. The summed E-state index contributed by atoms with van der Waals surface area (Å²) in [6.07, 6.45) is 0. The van der Waals surface area contributed by atoms with E-state index in [1.165, 1.54) is 0 Å². The van der Waals surface area contributed by atoms with E-state index in [2.05, 4.69) is 15.9 Å². The van der Waals surface area contributed by atoms with Crippen molar-refractivity contribution in [1.29, 1.82) is 0 Å². The zero-order valence-electron chi connectivity index (χ0n) is 15.1. The van der Waals surface area contributed by atoms with Crippen LogP contribution in [0.15, 0.2) is 42.5 Å². The van der Waals surface area contributed by atoms with Gasteiger partial charge < -0.3 is 14.4 Å². The van der Waals surface area contributed by atoms with Crippen LogP contribution >= 0.6 is 11.6 Å². The third-order valence-electron chi connectivity index (χ3n) is 4.62. The van der Waals surface area contributed by atoms with Crippen molar-refractivity contribution in [2.45, 2.75) is 0 Å². The quantitative estimate of drug-likeness (QED) is 0.725. The minimum absolute atomic E-state index is 0.0853. The first-order valence-corrected chi connectivity index (χ1v) is 8.96. The lowest BCUT2D eigenvalue weighted by Crippen LogP contribution is -2.48. The van der Waals surface area contributed by atoms with Gasteiger partial charge in [-0.05, 0) is 36.4 Å². The van der Waals surface area contributed by atoms with E-state index in [0.29, 0.717) is 23.6 Å². The summed E-state index contributed by atoms with van der Waals surface area (Å²) in [5.74, 6) is 1.28. The van der Waals surface area contributed by atoms with Crippen molar-refractivity contribution in [2.24, 2.45) is 0 Å². The number of methoxy groups -OCH3 is 2. The molecule has 3 rings (SSSR count). The van der Waals surface area contributed by atoms with Crippen molar-refractivity contribution >= 4 is 23.1 Å². The summed E-state index contributed by atoms with van der Waals surface area (Å²) in [5, 5.41) is 0.744. The number of ether oxygens (including phenoxy) is 2. The van der Waals surface area contributed by atoms with E-state index >= 15 is 0 Å². The van der Waals surface area contributed by atoms with E-state index < -0.39 is 0 Å². The zero-order chi connectivity index (χ0) is 18.5. The van der Waals surface area contributed by atoms with Gasteiger partial charge in [0.2, 0.25) is 0 Å². The van der Waals surface area contributed by atoms with Gasteiger partial charge in [-0.1, -0.05) is 17.7 Å². The molecule has 1 fully saturated rings. The fourth-order valence-corrected chi connectivity index (χ4v) is 3.33. The Balaban J connectivity index is 1.58. The Labute approximate surface area is 159 Å². The number of anilines is 1. The van der Waals surface area contributed by atoms with Gasteiger partial charge in [-0.15, -0.1) is 0 Å². The summed E-state index contributed by atoms with van der Waals surface area (Å²) < 4.78 is 10.5. The normalized spacial score (nSPS) is 15.0. The van der Waals surface area contributed by atoms with E-state index in [-0.39, 0.29) is 5.78 Å². The second-order valence-corrected chi connectivity index (χ2v) is 6.67. The summed E-state index contributed by atoms with van der Waals surface area (Å²) in [6, 6.07) is 13.2. The Hall–Kier alpha value is -2.24. The average Bonchev–Trinajstić information content (AvgIpc) is 2.68. The smallest absolute Gasteiger partial charge is 0.176 e. The fraction of sp³-hybridized carbons (Fsp3) is 0.350. The van der Waals surface area contributed by atoms with Crippen LogP contribution in [0, 0.1) is 0 Å². The Morgan fingerprint density at radius 1 is 1.00 bits per heavy atom. The molecule has 5 nitrogen and oxygen atoms in total. The molecule has 0 aliphatic carbocycles. The number of rotatable bonds is 6. The average molecular weight is 375 g/mol. The molecule has 0 saturated carbocycles. The number of carbonyl (C=O) groups excluding carboxylic acids is 1. The number of halogens is 1. The largest absolute Gasteiger partial charge is 0.493 e. The van der Waals surface area contributed by atoms with Crippen molar-refractivity contribution in [3.8, 4) is 11.5 Å². The zero-order valence-corrected chi connectivity index (χ0v) is 15.8. The van der Waals surface area contributed by atoms with Crippen LogP contribution in [0.25, 0.3) is 0 Å². The molecule has 6 heteroatoms. The van der Waals surface area contributed by atoms with E-state index in [4.69, 9.17) is 21.1 Å². The molecule has 0 unspecified atom stereocenters. The van der Waals surface area contributed by atoms with Crippen LogP contribution in [0.5, 0.6) is 11.5 Å². The van der Waals surface area contributed by atoms with Gasteiger partial charge in [0.05, 0.1) is 20.8 Å². The molecule has 1 heterocycles. The number of carbonyl (C=O) groups is 1. The van der Waals surface area contributed by atoms with E-state index in [0.717, 1.165) is 36.9 Å². The SMILES string of the molecule is COc1ccc(C(=O)CN2CCN(c3cccc(Cl)c3)CC2)cc1OC. The first kappa shape index (κ1) is 18.5. The summed E-state index contributed by atoms with van der Waals surface area (Å²) in [5.41, 5.74) is 1.77. The van der Waals surface area contributed by atoms with Gasteiger partial charge in [0, 0.05) is 42.5 Å². The molecule has 1 aliphatic rings.